The van der Waals surface area contributed by atoms with E-state index in [-0.39, 0.29) is 0 Å². The van der Waals surface area contributed by atoms with Gasteiger partial charge in [-0.2, -0.15) is 0 Å². The van der Waals surface area contributed by atoms with Crippen LogP contribution in [-0.4, -0.2) is 0 Å². The maximum Gasteiger partial charge on any atom is 0.0636 e. The topological polar surface area (TPSA) is 0 Å². The molecule has 10 aromatic rings. The molecule has 0 aliphatic heterocycles. The van der Waals surface area contributed by atoms with Crippen LogP contribution in [0.2, 0.25) is 0 Å². The number of benzene rings is 10. The fourth-order valence-electron chi connectivity index (χ4n) is 6.02. The molecular weight excluding hydrogens is 577 g/mol. The minimum Gasteiger partial charge on any atom is -0.0616 e. The fourth-order valence-corrected chi connectivity index (χ4v) is 6.02. The van der Waals surface area contributed by atoms with Crippen LogP contribution < -0.4 is 0 Å². The summed E-state index contributed by atoms with van der Waals surface area (Å²) in [4.78, 5) is 0. The van der Waals surface area contributed by atoms with Crippen molar-refractivity contribution in [2.75, 3.05) is 0 Å². The zero-order valence-electron chi connectivity index (χ0n) is 52.2. The Hall–Kier alpha value is -6.24. The molecule has 0 spiro atoms. The van der Waals surface area contributed by atoms with E-state index in [1.165, 1.54) is 0 Å². The van der Waals surface area contributed by atoms with Crippen LogP contribution in [0, 0.1) is 0 Å². The van der Waals surface area contributed by atoms with Gasteiger partial charge in [-0.3, -0.25) is 0 Å². The summed E-state index contributed by atoms with van der Waals surface area (Å²) < 4.78 is 252. The van der Waals surface area contributed by atoms with Gasteiger partial charge >= 0.3 is 0 Å². The molecule has 0 unspecified atom stereocenters. The highest BCUT2D eigenvalue weighted by molar-refractivity contribution is 6.22. The average molecular weight is 635 g/mol. The zero-order valence-corrected chi connectivity index (χ0v) is 24.2. The maximum atomic E-state index is 9.70. The van der Waals surface area contributed by atoms with Crippen LogP contribution >= 0.6 is 0 Å². The van der Waals surface area contributed by atoms with Crippen molar-refractivity contribution in [3.63, 3.8) is 0 Å². The molecule has 0 aromatic heterocycles. The van der Waals surface area contributed by atoms with E-state index >= 15 is 0 Å². The predicted molar refractivity (Wildman–Crippen MR) is 208 cm³/mol. The third kappa shape index (κ3) is 4.10. The molecule has 0 N–H and O–H groups in total. The maximum absolute atomic E-state index is 9.70. The van der Waals surface area contributed by atoms with Gasteiger partial charge in [0.05, 0.1) is 38.4 Å². The Balaban J connectivity index is 1.43. The average Bonchev–Trinajstić information content (AvgIpc) is 3.45. The molecule has 0 radical (unpaired) electrons. The number of hydrogen-bond acceptors (Lipinski definition) is 0. The predicted octanol–water partition coefficient (Wildman–Crippen LogP) is 13.6. The molecule has 0 atom stereocenters. The smallest absolute Gasteiger partial charge is 0.0616 e. The lowest BCUT2D eigenvalue weighted by molar-refractivity contribution is 1.64. The van der Waals surface area contributed by atoms with Gasteiger partial charge in [0.25, 0.3) is 0 Å². The molecule has 0 heterocycles. The highest BCUT2D eigenvalue weighted by Crippen LogP contribution is 2.45. The summed E-state index contributed by atoms with van der Waals surface area (Å²) in [5.41, 5.74) is -3.57. The molecule has 0 saturated heterocycles. The van der Waals surface area contributed by atoms with Gasteiger partial charge in [-0.15, -0.1) is 0 Å². The lowest BCUT2D eigenvalue weighted by Crippen LogP contribution is -1.91. The van der Waals surface area contributed by atoms with E-state index in [1.54, 1.807) is 0 Å². The Kier molecular flexibility index (Phi) is 2.48. The molecule has 0 heteroatoms. The summed E-state index contributed by atoms with van der Waals surface area (Å²) >= 11 is 0. The third-order valence-corrected chi connectivity index (χ3v) is 8.09. The Labute approximate surface area is 318 Å². The quantitative estimate of drug-likeness (QED) is 0.134. The summed E-state index contributed by atoms with van der Waals surface area (Å²) in [6.07, 6.45) is 0. The van der Waals surface area contributed by atoms with Crippen LogP contribution in [0.1, 0.15) is 38.4 Å². The van der Waals surface area contributed by atoms with Gasteiger partial charge in [-0.1, -0.05) is 169 Å². The molecular formula is C48H30. The highest BCUT2D eigenvalue weighted by atomic mass is 14.2. The lowest BCUT2D eigenvalue weighted by Gasteiger charge is -2.18. The molecule has 10 rings (SSSR count). The first-order chi connectivity index (χ1) is 35.5. The Bertz CT molecular complexity index is 4490. The second kappa shape index (κ2) is 10.7. The first kappa shape index (κ1) is 11.2. The van der Waals surface area contributed by atoms with Crippen molar-refractivity contribution in [3.8, 4) is 33.4 Å². The van der Waals surface area contributed by atoms with Crippen LogP contribution in [0.15, 0.2) is 181 Å². The van der Waals surface area contributed by atoms with Crippen LogP contribution in [0.25, 0.3) is 98.0 Å². The van der Waals surface area contributed by atoms with Gasteiger partial charge in [0.2, 0.25) is 0 Å². The zero-order chi connectivity index (χ0) is 56.0. The van der Waals surface area contributed by atoms with Crippen LogP contribution in [0.5, 0.6) is 0 Å². The third-order valence-electron chi connectivity index (χ3n) is 8.09. The molecule has 48 heavy (non-hydrogen) atoms. The van der Waals surface area contributed by atoms with Gasteiger partial charge in [0, 0.05) is 0 Å². The normalized spacial score (nSPS) is 19.9. The van der Waals surface area contributed by atoms with E-state index in [1.807, 2.05) is 0 Å². The SMILES string of the molecule is [2H]c1cc2c(-c3c([2H])cc(-c4c([2H])c5c([2H])c([2H])c([2H])c([2H])c5c5c([2H])c([2H])c([2H])c([2H])c45)c([2H])c3[2H])c3c([2H])c([2H])c([2H])c([2H])c3c(-c3c([2H])c([2H])c4c(c3[2H])c([2H])c([2H])c3c([2H])c([2H])c([2H])c([2H])c34)c2c([2H])c1[2H]. The Morgan fingerprint density at radius 2 is 0.771 bits per heavy atom. The van der Waals surface area contributed by atoms with Crippen molar-refractivity contribution in [3.05, 3.63) is 181 Å². The minimum absolute atomic E-state index is 0.430. The highest BCUT2D eigenvalue weighted by Gasteiger charge is 2.17. The largest absolute Gasteiger partial charge is 0.0636 e. The summed E-state index contributed by atoms with van der Waals surface area (Å²) in [6.45, 7) is 0. The second-order valence-electron chi connectivity index (χ2n) is 10.7. The number of fused-ring (bicyclic) bond motifs is 8. The van der Waals surface area contributed by atoms with Crippen molar-refractivity contribution >= 4 is 64.6 Å². The summed E-state index contributed by atoms with van der Waals surface area (Å²) in [7, 11) is 0. The molecule has 0 bridgehead atoms. The van der Waals surface area contributed by atoms with E-state index in [0.29, 0.717) is 0 Å². The molecule has 222 valence electrons. The second-order valence-corrected chi connectivity index (χ2v) is 10.7. The molecule has 0 amide bonds. The minimum atomic E-state index is -0.957. The summed E-state index contributed by atoms with van der Waals surface area (Å²) in [6, 6.07) is -21.4. The van der Waals surface area contributed by atoms with E-state index < -0.39 is 267 Å². The first-order valence-electron chi connectivity index (χ1n) is 28.4. The van der Waals surface area contributed by atoms with Crippen molar-refractivity contribution in [1.82, 2.24) is 0 Å². The molecule has 0 nitrogen and oxygen atoms in total. The van der Waals surface area contributed by atoms with E-state index in [9.17, 15) is 13.7 Å². The lowest BCUT2D eigenvalue weighted by atomic mass is 9.85. The van der Waals surface area contributed by atoms with Gasteiger partial charge in [-0.05, 0) is 110 Å². The standard InChI is InChI=1S/C48H30/c1-3-13-37-31(11-1)23-26-35-29-36(27-28-39(35)37)48-44-19-9-7-17-42(44)47(43-18-8-10-20-45(43)48)33-24-21-32(22-25-33)46-30-34-12-2-4-14-38(34)40-15-5-6-16-41(40)46/h1-30H/i1D,2D,3D,4D,5D,6D,7D,8D,9D,10D,11D,12D,13D,14D,15D,16D,17D,19D,20D,21D,23D,24D,25D,26D,27D,28D,29D,30D. The van der Waals surface area contributed by atoms with Crippen molar-refractivity contribution in [1.29, 1.82) is 0 Å². The van der Waals surface area contributed by atoms with Crippen molar-refractivity contribution < 1.29 is 38.4 Å². The molecule has 10 aromatic carbocycles. The van der Waals surface area contributed by atoms with Gasteiger partial charge in [0.15, 0.2) is 0 Å². The Morgan fingerprint density at radius 1 is 0.271 bits per heavy atom. The first-order valence-corrected chi connectivity index (χ1v) is 14.4. The molecule has 0 aliphatic carbocycles. The summed E-state index contributed by atoms with van der Waals surface area (Å²) in [5.74, 6) is 0. The van der Waals surface area contributed by atoms with Crippen LogP contribution in [-0.2, 0) is 0 Å². The van der Waals surface area contributed by atoms with E-state index in [0.717, 1.165) is 12.1 Å². The Morgan fingerprint density at radius 3 is 1.56 bits per heavy atom. The van der Waals surface area contributed by atoms with Crippen LogP contribution in [0.3, 0.4) is 0 Å². The fraction of sp³-hybridized carbons (Fsp3) is 0. The van der Waals surface area contributed by atoms with Gasteiger partial charge in [-0.25, -0.2) is 0 Å². The van der Waals surface area contributed by atoms with Crippen molar-refractivity contribution in [2.24, 2.45) is 0 Å². The molecule has 0 fully saturated rings. The number of hydrogen-bond donors (Lipinski definition) is 0. The van der Waals surface area contributed by atoms with Gasteiger partial charge < -0.3 is 0 Å². The summed E-state index contributed by atoms with van der Waals surface area (Å²) in [5, 5.41) is -6.26. The molecule has 0 saturated carbocycles. The van der Waals surface area contributed by atoms with E-state index in [2.05, 4.69) is 0 Å². The number of rotatable bonds is 3. The molecule has 0 aliphatic rings. The monoisotopic (exact) mass is 634 g/mol. The van der Waals surface area contributed by atoms with E-state index in [4.69, 9.17) is 24.7 Å². The van der Waals surface area contributed by atoms with Gasteiger partial charge in [0.1, 0.15) is 0 Å². The van der Waals surface area contributed by atoms with Crippen molar-refractivity contribution in [2.45, 2.75) is 0 Å². The van der Waals surface area contributed by atoms with Crippen LogP contribution in [0.4, 0.5) is 0 Å².